The van der Waals surface area contributed by atoms with E-state index in [1.54, 1.807) is 7.05 Å². The maximum atomic E-state index is 13.4. The van der Waals surface area contributed by atoms with E-state index < -0.39 is 0 Å². The molecule has 0 radical (unpaired) electrons. The fourth-order valence-electron chi connectivity index (χ4n) is 4.37. The molecule has 1 aliphatic heterocycles. The molecular formula is C25H36N4O2. The number of amides is 3. The third-order valence-electron chi connectivity index (χ3n) is 6.43. The second kappa shape index (κ2) is 11.1. The summed E-state index contributed by atoms with van der Waals surface area (Å²) < 4.78 is 0. The SMILES string of the molecule is CCC(C)N1CCN(CCc2ccc3ccccc3c2)C(=O)[C@@H]1CCCNC(=O)NC. The van der Waals surface area contributed by atoms with Crippen molar-refractivity contribution in [1.29, 1.82) is 0 Å². The van der Waals surface area contributed by atoms with E-state index in [1.807, 2.05) is 4.90 Å². The monoisotopic (exact) mass is 424 g/mol. The van der Waals surface area contributed by atoms with Crippen molar-refractivity contribution in [3.63, 3.8) is 0 Å². The minimum Gasteiger partial charge on any atom is -0.341 e. The molecule has 2 aromatic carbocycles. The fraction of sp³-hybridized carbons (Fsp3) is 0.520. The van der Waals surface area contributed by atoms with E-state index in [9.17, 15) is 9.59 Å². The lowest BCUT2D eigenvalue weighted by Gasteiger charge is -2.43. The standard InChI is InChI=1S/C25H36N4O2/c1-4-19(2)29-17-16-28(24(30)23(29)10-7-14-27-25(31)26-3)15-13-20-11-12-21-8-5-6-9-22(21)18-20/h5-6,8-9,11-12,18-19,23H,4,7,10,13-17H2,1-3H3,(H2,26,27,31)/t19?,23-/m0/s1. The van der Waals surface area contributed by atoms with Gasteiger partial charge < -0.3 is 15.5 Å². The zero-order valence-corrected chi connectivity index (χ0v) is 19.1. The van der Waals surface area contributed by atoms with Gasteiger partial charge in [-0.3, -0.25) is 9.69 Å². The zero-order chi connectivity index (χ0) is 22.2. The van der Waals surface area contributed by atoms with Gasteiger partial charge in [0.1, 0.15) is 0 Å². The predicted octanol–water partition coefficient (Wildman–Crippen LogP) is 3.40. The van der Waals surface area contributed by atoms with E-state index in [1.165, 1.54) is 16.3 Å². The number of urea groups is 1. The molecule has 6 nitrogen and oxygen atoms in total. The van der Waals surface area contributed by atoms with E-state index in [2.05, 4.69) is 71.8 Å². The van der Waals surface area contributed by atoms with Crippen molar-refractivity contribution in [2.45, 2.75) is 51.6 Å². The van der Waals surface area contributed by atoms with Crippen LogP contribution >= 0.6 is 0 Å². The molecule has 1 heterocycles. The van der Waals surface area contributed by atoms with Crippen LogP contribution < -0.4 is 10.6 Å². The molecule has 1 saturated heterocycles. The molecule has 3 rings (SSSR count). The molecule has 0 aliphatic carbocycles. The van der Waals surface area contributed by atoms with Crippen molar-refractivity contribution in [2.24, 2.45) is 0 Å². The van der Waals surface area contributed by atoms with E-state index in [0.29, 0.717) is 12.6 Å². The summed E-state index contributed by atoms with van der Waals surface area (Å²) in [6.07, 6.45) is 3.44. The first-order valence-corrected chi connectivity index (χ1v) is 11.5. The van der Waals surface area contributed by atoms with Gasteiger partial charge >= 0.3 is 6.03 Å². The van der Waals surface area contributed by atoms with Crippen LogP contribution in [-0.2, 0) is 11.2 Å². The molecule has 1 fully saturated rings. The summed E-state index contributed by atoms with van der Waals surface area (Å²) >= 11 is 0. The van der Waals surface area contributed by atoms with Crippen molar-refractivity contribution < 1.29 is 9.59 Å². The molecule has 2 N–H and O–H groups in total. The molecule has 1 unspecified atom stereocenters. The van der Waals surface area contributed by atoms with Crippen LogP contribution in [0, 0.1) is 0 Å². The Bertz CT molecular complexity index is 885. The van der Waals surface area contributed by atoms with Crippen molar-refractivity contribution >= 4 is 22.7 Å². The number of hydrogen-bond donors (Lipinski definition) is 2. The van der Waals surface area contributed by atoms with Gasteiger partial charge in [0.25, 0.3) is 0 Å². The van der Waals surface area contributed by atoms with Crippen LogP contribution in [-0.4, -0.2) is 67.0 Å². The average Bonchev–Trinajstić information content (AvgIpc) is 2.80. The molecule has 2 aromatic rings. The van der Waals surface area contributed by atoms with Gasteiger partial charge in [-0.25, -0.2) is 4.79 Å². The van der Waals surface area contributed by atoms with Crippen molar-refractivity contribution in [2.75, 3.05) is 33.2 Å². The van der Waals surface area contributed by atoms with Gasteiger partial charge in [-0.15, -0.1) is 0 Å². The molecule has 3 amide bonds. The number of nitrogens with one attached hydrogen (secondary N) is 2. The first-order chi connectivity index (χ1) is 15.0. The molecule has 1 aliphatic rings. The van der Waals surface area contributed by atoms with Crippen molar-refractivity contribution in [3.8, 4) is 0 Å². The van der Waals surface area contributed by atoms with Crippen LogP contribution in [0.5, 0.6) is 0 Å². The van der Waals surface area contributed by atoms with Gasteiger partial charge in [-0.2, -0.15) is 0 Å². The van der Waals surface area contributed by atoms with Gasteiger partial charge in [-0.1, -0.05) is 49.4 Å². The number of nitrogens with zero attached hydrogens (tertiary/aromatic N) is 2. The molecule has 0 bridgehead atoms. The molecule has 168 valence electrons. The summed E-state index contributed by atoms with van der Waals surface area (Å²) in [6, 6.07) is 15.0. The van der Waals surface area contributed by atoms with Gasteiger partial charge in [0.15, 0.2) is 0 Å². The lowest BCUT2D eigenvalue weighted by atomic mass is 10.0. The first kappa shape index (κ1) is 23.1. The Morgan fingerprint density at radius 1 is 1.16 bits per heavy atom. The van der Waals surface area contributed by atoms with Crippen molar-refractivity contribution in [1.82, 2.24) is 20.4 Å². The van der Waals surface area contributed by atoms with Crippen LogP contribution in [0.25, 0.3) is 10.8 Å². The molecule has 2 atom stereocenters. The summed E-state index contributed by atoms with van der Waals surface area (Å²) in [5.74, 6) is 0.229. The Labute approximate surface area is 186 Å². The largest absolute Gasteiger partial charge is 0.341 e. The summed E-state index contributed by atoms with van der Waals surface area (Å²) in [5, 5.41) is 7.88. The number of fused-ring (bicyclic) bond motifs is 1. The third-order valence-corrected chi connectivity index (χ3v) is 6.43. The summed E-state index contributed by atoms with van der Waals surface area (Å²) in [6.45, 7) is 7.39. The van der Waals surface area contributed by atoms with E-state index in [0.717, 1.165) is 45.3 Å². The highest BCUT2D eigenvalue weighted by Crippen LogP contribution is 2.21. The Balaban J connectivity index is 1.61. The second-order valence-electron chi connectivity index (χ2n) is 8.42. The Hall–Kier alpha value is -2.60. The number of benzene rings is 2. The fourth-order valence-corrected chi connectivity index (χ4v) is 4.37. The number of carbonyl (C=O) groups is 2. The second-order valence-corrected chi connectivity index (χ2v) is 8.42. The zero-order valence-electron chi connectivity index (χ0n) is 19.1. The van der Waals surface area contributed by atoms with Gasteiger partial charge in [0, 0.05) is 39.3 Å². The molecular weight excluding hydrogens is 388 g/mol. The predicted molar refractivity (Wildman–Crippen MR) is 126 cm³/mol. The minimum atomic E-state index is -0.175. The van der Waals surface area contributed by atoms with Crippen LogP contribution in [0.3, 0.4) is 0 Å². The summed E-state index contributed by atoms with van der Waals surface area (Å²) in [4.78, 5) is 29.1. The van der Waals surface area contributed by atoms with Crippen LogP contribution in [0.4, 0.5) is 4.79 Å². The third kappa shape index (κ3) is 5.97. The normalized spacial score (nSPS) is 18.2. The average molecular weight is 425 g/mol. The van der Waals surface area contributed by atoms with Crippen LogP contribution in [0.1, 0.15) is 38.7 Å². The minimum absolute atomic E-state index is 0.105. The Morgan fingerprint density at radius 3 is 2.68 bits per heavy atom. The summed E-state index contributed by atoms with van der Waals surface area (Å²) in [7, 11) is 1.61. The van der Waals surface area contributed by atoms with Gasteiger partial charge in [-0.05, 0) is 48.9 Å². The van der Waals surface area contributed by atoms with Gasteiger partial charge in [0.2, 0.25) is 5.91 Å². The number of rotatable bonds is 9. The molecule has 0 spiro atoms. The topological polar surface area (TPSA) is 64.7 Å². The Kier molecular flexibility index (Phi) is 8.29. The number of carbonyl (C=O) groups excluding carboxylic acids is 2. The first-order valence-electron chi connectivity index (χ1n) is 11.5. The highest BCUT2D eigenvalue weighted by molar-refractivity contribution is 5.84. The molecule has 0 aromatic heterocycles. The van der Waals surface area contributed by atoms with E-state index in [-0.39, 0.29) is 18.0 Å². The number of piperazine rings is 1. The van der Waals surface area contributed by atoms with E-state index in [4.69, 9.17) is 0 Å². The highest BCUT2D eigenvalue weighted by Gasteiger charge is 2.35. The smallest absolute Gasteiger partial charge is 0.314 e. The maximum absolute atomic E-state index is 13.4. The van der Waals surface area contributed by atoms with Crippen LogP contribution in [0.15, 0.2) is 42.5 Å². The van der Waals surface area contributed by atoms with Gasteiger partial charge in [0.05, 0.1) is 6.04 Å². The molecule has 6 heteroatoms. The Morgan fingerprint density at radius 2 is 1.94 bits per heavy atom. The quantitative estimate of drug-likeness (QED) is 0.607. The summed E-state index contributed by atoms with van der Waals surface area (Å²) in [5.41, 5.74) is 1.27. The lowest BCUT2D eigenvalue weighted by molar-refractivity contribution is -0.143. The van der Waals surface area contributed by atoms with E-state index >= 15 is 0 Å². The van der Waals surface area contributed by atoms with Crippen molar-refractivity contribution in [3.05, 3.63) is 48.0 Å². The van der Waals surface area contributed by atoms with Crippen LogP contribution in [0.2, 0.25) is 0 Å². The highest BCUT2D eigenvalue weighted by atomic mass is 16.2. The molecule has 0 saturated carbocycles. The maximum Gasteiger partial charge on any atom is 0.314 e. The lowest BCUT2D eigenvalue weighted by Crippen LogP contribution is -2.59. The molecule has 31 heavy (non-hydrogen) atoms. The number of hydrogen-bond acceptors (Lipinski definition) is 3.